The normalized spacial score (nSPS) is 16.9. The van der Waals surface area contributed by atoms with E-state index in [-0.39, 0.29) is 29.4 Å². The Balaban J connectivity index is 2.32. The third-order valence-electron chi connectivity index (χ3n) is 3.21. The van der Waals surface area contributed by atoms with Crippen molar-refractivity contribution in [3.8, 4) is 0 Å². The van der Waals surface area contributed by atoms with Crippen molar-refractivity contribution in [1.82, 2.24) is 4.31 Å². The summed E-state index contributed by atoms with van der Waals surface area (Å²) in [6.45, 7) is 3.19. The average Bonchev–Trinajstić information content (AvgIpc) is 2.80. The number of benzene rings is 1. The summed E-state index contributed by atoms with van der Waals surface area (Å²) in [5.74, 6) is -0.00460. The Labute approximate surface area is 129 Å². The molecular formula is C15H17NO5S. The molecular weight excluding hydrogens is 306 g/mol. The molecule has 0 aliphatic carbocycles. The van der Waals surface area contributed by atoms with Crippen molar-refractivity contribution in [2.45, 2.75) is 31.6 Å². The second kappa shape index (κ2) is 6.31. The highest BCUT2D eigenvalue weighted by molar-refractivity contribution is 7.89. The van der Waals surface area contributed by atoms with Crippen LogP contribution in [0.4, 0.5) is 4.79 Å². The van der Waals surface area contributed by atoms with Crippen molar-refractivity contribution in [3.63, 3.8) is 0 Å². The van der Waals surface area contributed by atoms with Gasteiger partial charge in [-0.3, -0.25) is 0 Å². The maximum Gasteiger partial charge on any atom is 0.428 e. The summed E-state index contributed by atoms with van der Waals surface area (Å²) in [5, 5.41) is 0. The fourth-order valence-electron chi connectivity index (χ4n) is 2.02. The number of amides is 1. The molecule has 6 nitrogen and oxygen atoms in total. The van der Waals surface area contributed by atoms with E-state index >= 15 is 0 Å². The van der Waals surface area contributed by atoms with Crippen LogP contribution in [0, 0.1) is 6.92 Å². The number of nitrogens with zero attached hydrogens (tertiary/aromatic N) is 1. The zero-order valence-corrected chi connectivity index (χ0v) is 13.2. The molecule has 0 radical (unpaired) electrons. The average molecular weight is 323 g/mol. The van der Waals surface area contributed by atoms with Gasteiger partial charge in [0.25, 0.3) is 10.0 Å². The van der Waals surface area contributed by atoms with Gasteiger partial charge in [0.15, 0.2) is 0 Å². The SMILES string of the molecule is CC(=O)CC/C=C1\COC(=O)N1S(=O)(=O)c1ccc(C)cc1. The number of rotatable bonds is 5. The summed E-state index contributed by atoms with van der Waals surface area (Å²) < 4.78 is 30.6. The van der Waals surface area contributed by atoms with Crippen LogP contribution in [0.1, 0.15) is 25.3 Å². The lowest BCUT2D eigenvalue weighted by molar-refractivity contribution is -0.116. The van der Waals surface area contributed by atoms with Crippen LogP contribution in [-0.2, 0) is 19.6 Å². The van der Waals surface area contributed by atoms with E-state index in [9.17, 15) is 18.0 Å². The fraction of sp³-hybridized carbons (Fsp3) is 0.333. The van der Waals surface area contributed by atoms with E-state index in [1.54, 1.807) is 18.2 Å². The second-order valence-corrected chi connectivity index (χ2v) is 6.86. The number of hydrogen-bond acceptors (Lipinski definition) is 5. The Kier molecular flexibility index (Phi) is 4.65. The molecule has 118 valence electrons. The number of sulfonamides is 1. The second-order valence-electron chi connectivity index (χ2n) is 5.07. The van der Waals surface area contributed by atoms with E-state index in [0.717, 1.165) is 5.56 Å². The van der Waals surface area contributed by atoms with Crippen molar-refractivity contribution in [3.05, 3.63) is 41.6 Å². The zero-order valence-electron chi connectivity index (χ0n) is 12.4. The molecule has 0 saturated carbocycles. The van der Waals surface area contributed by atoms with Gasteiger partial charge in [0, 0.05) is 6.42 Å². The Bertz CT molecular complexity index is 719. The van der Waals surface area contributed by atoms with Gasteiger partial charge in [-0.1, -0.05) is 23.8 Å². The monoisotopic (exact) mass is 323 g/mol. The summed E-state index contributed by atoms with van der Waals surface area (Å²) in [6.07, 6.45) is 1.28. The predicted octanol–water partition coefficient (Wildman–Crippen LogP) is 2.39. The summed E-state index contributed by atoms with van der Waals surface area (Å²) in [4.78, 5) is 22.8. The molecule has 1 aromatic carbocycles. The van der Waals surface area contributed by atoms with Crippen LogP contribution in [-0.4, -0.2) is 31.2 Å². The molecule has 1 amide bonds. The Morgan fingerprint density at radius 1 is 1.32 bits per heavy atom. The van der Waals surface area contributed by atoms with Crippen LogP contribution < -0.4 is 0 Å². The molecule has 2 rings (SSSR count). The minimum atomic E-state index is -4.00. The van der Waals surface area contributed by atoms with Crippen molar-refractivity contribution in [1.29, 1.82) is 0 Å². The minimum absolute atomic E-state index is 0.00460. The standard InChI is InChI=1S/C15H17NO5S/c1-11-6-8-14(9-7-11)22(19,20)16-13(10-21-15(16)18)5-3-4-12(2)17/h5-9H,3-4,10H2,1-2H3/b13-5+. The van der Waals surface area contributed by atoms with Crippen LogP contribution in [0.25, 0.3) is 0 Å². The molecule has 0 N–H and O–H groups in total. The Hall–Kier alpha value is -2.15. The molecule has 0 unspecified atom stereocenters. The lowest BCUT2D eigenvalue weighted by Gasteiger charge is -2.15. The molecule has 7 heteroatoms. The number of carbonyl (C=O) groups excluding carboxylic acids is 2. The minimum Gasteiger partial charge on any atom is -0.442 e. The molecule has 1 fully saturated rings. The first-order valence-corrected chi connectivity index (χ1v) is 8.23. The first-order chi connectivity index (χ1) is 10.3. The van der Waals surface area contributed by atoms with E-state index < -0.39 is 16.1 Å². The first-order valence-electron chi connectivity index (χ1n) is 6.79. The van der Waals surface area contributed by atoms with Gasteiger partial charge in [0.1, 0.15) is 12.4 Å². The number of ketones is 1. The number of cyclic esters (lactones) is 1. The van der Waals surface area contributed by atoms with Crippen LogP contribution in [0.15, 0.2) is 40.9 Å². The molecule has 0 atom stereocenters. The fourth-order valence-corrected chi connectivity index (χ4v) is 3.40. The smallest absolute Gasteiger partial charge is 0.428 e. The van der Waals surface area contributed by atoms with Crippen LogP contribution >= 0.6 is 0 Å². The number of carbonyl (C=O) groups is 2. The van der Waals surface area contributed by atoms with Gasteiger partial charge in [-0.2, -0.15) is 4.31 Å². The predicted molar refractivity (Wildman–Crippen MR) is 79.5 cm³/mol. The Morgan fingerprint density at radius 2 is 1.95 bits per heavy atom. The highest BCUT2D eigenvalue weighted by Crippen LogP contribution is 2.26. The van der Waals surface area contributed by atoms with Gasteiger partial charge >= 0.3 is 6.09 Å². The van der Waals surface area contributed by atoms with Crippen LogP contribution in [0.5, 0.6) is 0 Å². The van der Waals surface area contributed by atoms with Gasteiger partial charge in [-0.25, -0.2) is 13.2 Å². The highest BCUT2D eigenvalue weighted by Gasteiger charge is 2.38. The number of hydrogen-bond donors (Lipinski definition) is 0. The molecule has 22 heavy (non-hydrogen) atoms. The quantitative estimate of drug-likeness (QED) is 0.831. The number of allylic oxidation sites excluding steroid dienone is 1. The molecule has 1 heterocycles. The topological polar surface area (TPSA) is 80.8 Å². The number of ether oxygens (including phenoxy) is 1. The molecule has 0 bridgehead atoms. The van der Waals surface area contributed by atoms with Crippen molar-refractivity contribution in [2.24, 2.45) is 0 Å². The summed E-state index contributed by atoms with van der Waals surface area (Å²) in [5.41, 5.74) is 1.16. The first kappa shape index (κ1) is 16.2. The number of aryl methyl sites for hydroxylation is 1. The van der Waals surface area contributed by atoms with Crippen molar-refractivity contribution in [2.75, 3.05) is 6.61 Å². The van der Waals surface area contributed by atoms with Gasteiger partial charge in [-0.15, -0.1) is 0 Å². The van der Waals surface area contributed by atoms with Crippen molar-refractivity contribution >= 4 is 21.9 Å². The number of Topliss-reactive ketones (excluding diaryl/α,β-unsaturated/α-hetero) is 1. The van der Waals surface area contributed by atoms with Gasteiger partial charge in [0.2, 0.25) is 0 Å². The molecule has 1 aromatic rings. The lowest BCUT2D eigenvalue weighted by atomic mass is 10.2. The maximum absolute atomic E-state index is 12.6. The van der Waals surface area contributed by atoms with Gasteiger partial charge < -0.3 is 9.53 Å². The molecule has 0 aromatic heterocycles. The van der Waals surface area contributed by atoms with Crippen LogP contribution in [0.2, 0.25) is 0 Å². The van der Waals surface area contributed by atoms with E-state index in [0.29, 0.717) is 10.7 Å². The highest BCUT2D eigenvalue weighted by atomic mass is 32.2. The van der Waals surface area contributed by atoms with Crippen molar-refractivity contribution < 1.29 is 22.7 Å². The Morgan fingerprint density at radius 3 is 2.55 bits per heavy atom. The molecule has 0 spiro atoms. The summed E-state index contributed by atoms with van der Waals surface area (Å²) in [7, 11) is -4.00. The lowest BCUT2D eigenvalue weighted by Crippen LogP contribution is -2.30. The summed E-state index contributed by atoms with van der Waals surface area (Å²) >= 11 is 0. The molecule has 1 saturated heterocycles. The summed E-state index contributed by atoms with van der Waals surface area (Å²) in [6, 6.07) is 6.22. The third-order valence-corrected chi connectivity index (χ3v) is 4.94. The van der Waals surface area contributed by atoms with E-state index in [1.807, 2.05) is 6.92 Å². The third kappa shape index (κ3) is 3.36. The van der Waals surface area contributed by atoms with Gasteiger partial charge in [-0.05, 0) is 32.4 Å². The van der Waals surface area contributed by atoms with E-state index in [4.69, 9.17) is 4.74 Å². The van der Waals surface area contributed by atoms with E-state index in [1.165, 1.54) is 19.1 Å². The van der Waals surface area contributed by atoms with Crippen LogP contribution in [0.3, 0.4) is 0 Å². The maximum atomic E-state index is 12.6. The largest absolute Gasteiger partial charge is 0.442 e. The van der Waals surface area contributed by atoms with E-state index in [2.05, 4.69) is 0 Å². The zero-order chi connectivity index (χ0) is 16.3. The molecule has 1 aliphatic heterocycles. The molecule has 1 aliphatic rings. The van der Waals surface area contributed by atoms with Gasteiger partial charge in [0.05, 0.1) is 10.6 Å².